The van der Waals surface area contributed by atoms with E-state index in [4.69, 9.17) is 14.6 Å². The van der Waals surface area contributed by atoms with E-state index in [1.165, 1.54) is 0 Å². The molecule has 0 radical (unpaired) electrons. The van der Waals surface area contributed by atoms with Crippen LogP contribution >= 0.6 is 0 Å². The standard InChI is InChI=1S/C16H21NO5/c1-3-22-16(2,11-4-5-11)15(20)17-12-6-8-13(9-7-12)21-10-14(18)19/h6-9,11H,3-5,10H2,1-2H3,(H,17,20)(H,18,19). The van der Waals surface area contributed by atoms with Gasteiger partial charge in [0.25, 0.3) is 5.91 Å². The van der Waals surface area contributed by atoms with Crippen LogP contribution in [0.2, 0.25) is 0 Å². The third-order valence-corrected chi connectivity index (χ3v) is 3.73. The molecule has 22 heavy (non-hydrogen) atoms. The number of benzene rings is 1. The topological polar surface area (TPSA) is 84.9 Å². The minimum Gasteiger partial charge on any atom is -0.482 e. The molecule has 1 aromatic rings. The highest BCUT2D eigenvalue weighted by Gasteiger charge is 2.48. The molecule has 120 valence electrons. The highest BCUT2D eigenvalue weighted by atomic mass is 16.5. The van der Waals surface area contributed by atoms with Gasteiger partial charge in [0.15, 0.2) is 6.61 Å². The number of amides is 1. The third-order valence-electron chi connectivity index (χ3n) is 3.73. The molecular formula is C16H21NO5. The van der Waals surface area contributed by atoms with Gasteiger partial charge in [-0.15, -0.1) is 0 Å². The number of carboxylic acid groups (broad SMARTS) is 1. The van der Waals surface area contributed by atoms with Crippen LogP contribution < -0.4 is 10.1 Å². The Hall–Kier alpha value is -2.08. The molecule has 1 aliphatic carbocycles. The molecule has 0 aliphatic heterocycles. The number of carboxylic acids is 1. The number of ether oxygens (including phenoxy) is 2. The van der Waals surface area contributed by atoms with Gasteiger partial charge >= 0.3 is 5.97 Å². The summed E-state index contributed by atoms with van der Waals surface area (Å²) in [6, 6.07) is 6.59. The van der Waals surface area contributed by atoms with Crippen LogP contribution in [-0.2, 0) is 14.3 Å². The summed E-state index contributed by atoms with van der Waals surface area (Å²) >= 11 is 0. The molecule has 1 aliphatic rings. The summed E-state index contributed by atoms with van der Waals surface area (Å²) < 4.78 is 10.7. The van der Waals surface area contributed by atoms with Crippen molar-refractivity contribution in [3.05, 3.63) is 24.3 Å². The SMILES string of the molecule is CCOC(C)(C(=O)Nc1ccc(OCC(=O)O)cc1)C1CC1. The van der Waals surface area contributed by atoms with Gasteiger partial charge < -0.3 is 19.9 Å². The van der Waals surface area contributed by atoms with E-state index in [-0.39, 0.29) is 11.8 Å². The lowest BCUT2D eigenvalue weighted by atomic mass is 9.99. The van der Waals surface area contributed by atoms with Gasteiger partial charge in [0.2, 0.25) is 0 Å². The van der Waals surface area contributed by atoms with E-state index in [0.29, 0.717) is 18.0 Å². The number of carbonyl (C=O) groups excluding carboxylic acids is 1. The first kappa shape index (κ1) is 16.3. The molecule has 6 heteroatoms. The molecule has 2 N–H and O–H groups in total. The molecule has 1 saturated carbocycles. The molecule has 1 atom stereocenters. The molecular weight excluding hydrogens is 286 g/mol. The average molecular weight is 307 g/mol. The molecule has 0 bridgehead atoms. The quantitative estimate of drug-likeness (QED) is 0.769. The predicted octanol–water partition coefficient (Wildman–Crippen LogP) is 2.29. The summed E-state index contributed by atoms with van der Waals surface area (Å²) in [4.78, 5) is 22.9. The second-order valence-corrected chi connectivity index (χ2v) is 5.48. The van der Waals surface area contributed by atoms with Gasteiger partial charge in [-0.2, -0.15) is 0 Å². The smallest absolute Gasteiger partial charge is 0.341 e. The Morgan fingerprint density at radius 1 is 1.32 bits per heavy atom. The molecule has 0 saturated heterocycles. The first-order valence-corrected chi connectivity index (χ1v) is 7.35. The summed E-state index contributed by atoms with van der Waals surface area (Å²) in [5, 5.41) is 11.4. The lowest BCUT2D eigenvalue weighted by Crippen LogP contribution is -2.44. The van der Waals surface area contributed by atoms with Crippen molar-refractivity contribution in [1.29, 1.82) is 0 Å². The van der Waals surface area contributed by atoms with E-state index < -0.39 is 18.2 Å². The van der Waals surface area contributed by atoms with Crippen molar-refractivity contribution < 1.29 is 24.2 Å². The number of hydrogen-bond acceptors (Lipinski definition) is 4. The van der Waals surface area contributed by atoms with E-state index >= 15 is 0 Å². The van der Waals surface area contributed by atoms with Crippen LogP contribution in [-0.4, -0.2) is 35.8 Å². The lowest BCUT2D eigenvalue weighted by Gasteiger charge is -2.28. The fraction of sp³-hybridized carbons (Fsp3) is 0.500. The minimum atomic E-state index is -1.03. The zero-order valence-electron chi connectivity index (χ0n) is 12.8. The van der Waals surface area contributed by atoms with Crippen LogP contribution in [0.5, 0.6) is 5.75 Å². The zero-order chi connectivity index (χ0) is 16.2. The highest BCUT2D eigenvalue weighted by molar-refractivity contribution is 5.97. The first-order valence-electron chi connectivity index (χ1n) is 7.35. The Balaban J connectivity index is 1.97. The van der Waals surface area contributed by atoms with E-state index in [1.807, 2.05) is 13.8 Å². The number of anilines is 1. The van der Waals surface area contributed by atoms with E-state index in [1.54, 1.807) is 24.3 Å². The molecule has 1 amide bonds. The van der Waals surface area contributed by atoms with Gasteiger partial charge in [-0.3, -0.25) is 4.79 Å². The highest BCUT2D eigenvalue weighted by Crippen LogP contribution is 2.42. The summed E-state index contributed by atoms with van der Waals surface area (Å²) in [5.74, 6) is -0.480. The fourth-order valence-corrected chi connectivity index (χ4v) is 2.34. The average Bonchev–Trinajstić information content (AvgIpc) is 3.31. The predicted molar refractivity (Wildman–Crippen MR) is 81.0 cm³/mol. The van der Waals surface area contributed by atoms with Crippen molar-refractivity contribution in [3.63, 3.8) is 0 Å². The summed E-state index contributed by atoms with van der Waals surface area (Å²) in [7, 11) is 0. The molecule has 1 fully saturated rings. The maximum absolute atomic E-state index is 12.5. The van der Waals surface area contributed by atoms with Crippen molar-refractivity contribution in [1.82, 2.24) is 0 Å². The van der Waals surface area contributed by atoms with Crippen LogP contribution in [0.25, 0.3) is 0 Å². The number of rotatable bonds is 8. The maximum Gasteiger partial charge on any atom is 0.341 e. The summed E-state index contributed by atoms with van der Waals surface area (Å²) in [6.07, 6.45) is 2.01. The van der Waals surface area contributed by atoms with Crippen LogP contribution in [0.15, 0.2) is 24.3 Å². The number of aliphatic carboxylic acids is 1. The van der Waals surface area contributed by atoms with Crippen molar-refractivity contribution in [2.45, 2.75) is 32.3 Å². The number of carbonyl (C=O) groups is 2. The molecule has 0 aromatic heterocycles. The Morgan fingerprint density at radius 2 is 1.95 bits per heavy atom. The number of hydrogen-bond donors (Lipinski definition) is 2. The molecule has 1 unspecified atom stereocenters. The van der Waals surface area contributed by atoms with Gasteiger partial charge in [-0.1, -0.05) is 0 Å². The Kier molecular flexibility index (Phi) is 5.03. The fourth-order valence-electron chi connectivity index (χ4n) is 2.34. The molecule has 0 heterocycles. The Labute approximate surface area is 129 Å². The largest absolute Gasteiger partial charge is 0.482 e. The number of nitrogens with one attached hydrogen (secondary N) is 1. The van der Waals surface area contributed by atoms with Gasteiger partial charge in [-0.25, -0.2) is 4.79 Å². The van der Waals surface area contributed by atoms with Gasteiger partial charge in [-0.05, 0) is 56.9 Å². The summed E-state index contributed by atoms with van der Waals surface area (Å²) in [5.41, 5.74) is -0.174. The Morgan fingerprint density at radius 3 is 2.45 bits per heavy atom. The lowest BCUT2D eigenvalue weighted by molar-refractivity contribution is -0.141. The van der Waals surface area contributed by atoms with Crippen molar-refractivity contribution in [3.8, 4) is 5.75 Å². The van der Waals surface area contributed by atoms with Crippen molar-refractivity contribution in [2.24, 2.45) is 5.92 Å². The molecule has 2 rings (SSSR count). The van der Waals surface area contributed by atoms with Gasteiger partial charge in [0.05, 0.1) is 0 Å². The van der Waals surface area contributed by atoms with E-state index in [9.17, 15) is 9.59 Å². The molecule has 6 nitrogen and oxygen atoms in total. The maximum atomic E-state index is 12.5. The van der Waals surface area contributed by atoms with Gasteiger partial charge in [0, 0.05) is 12.3 Å². The van der Waals surface area contributed by atoms with Crippen LogP contribution in [0, 0.1) is 5.92 Å². The van der Waals surface area contributed by atoms with E-state index in [0.717, 1.165) is 12.8 Å². The minimum absolute atomic E-state index is 0.156. The van der Waals surface area contributed by atoms with Crippen molar-refractivity contribution in [2.75, 3.05) is 18.5 Å². The normalized spacial score (nSPS) is 16.6. The molecule has 0 spiro atoms. The molecule has 1 aromatic carbocycles. The van der Waals surface area contributed by atoms with Crippen LogP contribution in [0.3, 0.4) is 0 Å². The van der Waals surface area contributed by atoms with Crippen LogP contribution in [0.4, 0.5) is 5.69 Å². The Bertz CT molecular complexity index is 538. The van der Waals surface area contributed by atoms with Gasteiger partial charge in [0.1, 0.15) is 11.4 Å². The van der Waals surface area contributed by atoms with Crippen LogP contribution in [0.1, 0.15) is 26.7 Å². The third kappa shape index (κ3) is 3.98. The van der Waals surface area contributed by atoms with E-state index in [2.05, 4.69) is 5.32 Å². The first-order chi connectivity index (χ1) is 10.5. The monoisotopic (exact) mass is 307 g/mol. The second-order valence-electron chi connectivity index (χ2n) is 5.48. The van der Waals surface area contributed by atoms with Crippen molar-refractivity contribution >= 4 is 17.6 Å². The zero-order valence-corrected chi connectivity index (χ0v) is 12.8. The summed E-state index contributed by atoms with van der Waals surface area (Å²) in [6.45, 7) is 3.80. The second kappa shape index (κ2) is 6.79.